The summed E-state index contributed by atoms with van der Waals surface area (Å²) in [6, 6.07) is 5.93. The van der Waals surface area contributed by atoms with Crippen molar-refractivity contribution in [2.24, 2.45) is 0 Å². The highest BCUT2D eigenvalue weighted by Crippen LogP contribution is 2.34. The Balaban J connectivity index is 2.00. The number of rotatable bonds is 4. The summed E-state index contributed by atoms with van der Waals surface area (Å²) >= 11 is 6.45. The van der Waals surface area contributed by atoms with E-state index in [9.17, 15) is 9.59 Å². The first kappa shape index (κ1) is 15.5. The van der Waals surface area contributed by atoms with Crippen molar-refractivity contribution in [1.29, 1.82) is 0 Å². The zero-order valence-electron chi connectivity index (χ0n) is 12.7. The van der Waals surface area contributed by atoms with Gasteiger partial charge in [-0.05, 0) is 29.7 Å². The number of amides is 2. The van der Waals surface area contributed by atoms with Gasteiger partial charge in [0.1, 0.15) is 0 Å². The van der Waals surface area contributed by atoms with Crippen LogP contribution in [0, 0.1) is 0 Å². The van der Waals surface area contributed by atoms with Crippen LogP contribution >= 0.6 is 11.6 Å². The second-order valence-corrected chi connectivity index (χ2v) is 5.83. The average molecular weight is 330 g/mol. The Morgan fingerprint density at radius 2 is 2.17 bits per heavy atom. The van der Waals surface area contributed by atoms with E-state index < -0.39 is 0 Å². The van der Waals surface area contributed by atoms with Gasteiger partial charge in [-0.15, -0.1) is 0 Å². The molecule has 5 nitrogen and oxygen atoms in total. The third-order valence-corrected chi connectivity index (χ3v) is 4.51. The van der Waals surface area contributed by atoms with E-state index in [1.807, 2.05) is 12.1 Å². The van der Waals surface area contributed by atoms with Crippen molar-refractivity contribution in [2.45, 2.75) is 19.4 Å². The lowest BCUT2D eigenvalue weighted by molar-refractivity contribution is -0.118. The van der Waals surface area contributed by atoms with Crippen LogP contribution in [0.5, 0.6) is 0 Å². The maximum absolute atomic E-state index is 11.8. The zero-order valence-corrected chi connectivity index (χ0v) is 13.4. The van der Waals surface area contributed by atoms with Gasteiger partial charge in [0, 0.05) is 49.2 Å². The van der Waals surface area contributed by atoms with Crippen LogP contribution in [0.25, 0.3) is 11.1 Å². The molecule has 118 valence electrons. The molecule has 2 heterocycles. The number of aryl methyl sites for hydroxylation is 1. The van der Waals surface area contributed by atoms with E-state index in [0.29, 0.717) is 24.4 Å². The van der Waals surface area contributed by atoms with Gasteiger partial charge in [0.05, 0.1) is 5.02 Å². The van der Waals surface area contributed by atoms with E-state index in [2.05, 4.69) is 16.4 Å². The molecule has 2 amide bonds. The standard InChI is InChI=1S/C17H16ClN3O2/c1-21-15-4-2-11(6-12(15)3-5-16(21)23)14-9-19-7-13(17(14)18)8-20-10-22/h2,4,6-7,9-10H,3,5,8H2,1H3,(H,20,22). The van der Waals surface area contributed by atoms with E-state index in [1.54, 1.807) is 24.3 Å². The topological polar surface area (TPSA) is 62.3 Å². The molecule has 1 aliphatic rings. The van der Waals surface area contributed by atoms with E-state index >= 15 is 0 Å². The lowest BCUT2D eigenvalue weighted by atomic mass is 9.96. The van der Waals surface area contributed by atoms with Gasteiger partial charge in [0.15, 0.2) is 0 Å². The van der Waals surface area contributed by atoms with Gasteiger partial charge in [-0.2, -0.15) is 0 Å². The zero-order chi connectivity index (χ0) is 16.4. The van der Waals surface area contributed by atoms with Crippen molar-refractivity contribution in [3.05, 3.63) is 46.7 Å². The molecule has 0 saturated carbocycles. The molecule has 1 aliphatic heterocycles. The number of carbonyl (C=O) groups is 2. The first-order valence-corrected chi connectivity index (χ1v) is 7.69. The van der Waals surface area contributed by atoms with Gasteiger partial charge < -0.3 is 10.2 Å². The molecular formula is C17H16ClN3O2. The number of nitrogens with one attached hydrogen (secondary N) is 1. The molecule has 0 atom stereocenters. The van der Waals surface area contributed by atoms with Gasteiger partial charge in [0.25, 0.3) is 0 Å². The molecule has 1 aromatic heterocycles. The summed E-state index contributed by atoms with van der Waals surface area (Å²) in [5.41, 5.74) is 4.60. The Bertz CT molecular complexity index is 776. The Kier molecular flexibility index (Phi) is 4.30. The number of hydrogen-bond acceptors (Lipinski definition) is 3. The summed E-state index contributed by atoms with van der Waals surface area (Å²) in [5, 5.41) is 3.17. The number of fused-ring (bicyclic) bond motifs is 1. The number of hydrogen-bond donors (Lipinski definition) is 1. The Morgan fingerprint density at radius 1 is 1.35 bits per heavy atom. The van der Waals surface area contributed by atoms with Crippen LogP contribution in [0.1, 0.15) is 17.5 Å². The van der Waals surface area contributed by atoms with Crippen LogP contribution in [0.15, 0.2) is 30.6 Å². The molecule has 0 aliphatic carbocycles. The highest BCUT2D eigenvalue weighted by atomic mass is 35.5. The van der Waals surface area contributed by atoms with Crippen molar-refractivity contribution in [1.82, 2.24) is 10.3 Å². The van der Waals surface area contributed by atoms with Gasteiger partial charge in [-0.25, -0.2) is 0 Å². The monoisotopic (exact) mass is 329 g/mol. The molecule has 0 unspecified atom stereocenters. The van der Waals surface area contributed by atoms with Crippen molar-refractivity contribution in [2.75, 3.05) is 11.9 Å². The third-order valence-electron chi connectivity index (χ3n) is 4.06. The summed E-state index contributed by atoms with van der Waals surface area (Å²) in [4.78, 5) is 28.1. The molecule has 0 saturated heterocycles. The quantitative estimate of drug-likeness (QED) is 0.877. The fourth-order valence-corrected chi connectivity index (χ4v) is 3.06. The first-order valence-electron chi connectivity index (χ1n) is 7.31. The third kappa shape index (κ3) is 2.92. The average Bonchev–Trinajstić information content (AvgIpc) is 2.57. The van der Waals surface area contributed by atoms with Crippen molar-refractivity contribution >= 4 is 29.6 Å². The molecule has 0 radical (unpaired) electrons. The first-order chi connectivity index (χ1) is 11.1. The fourth-order valence-electron chi connectivity index (χ4n) is 2.79. The Hall–Kier alpha value is -2.40. The van der Waals surface area contributed by atoms with Crippen LogP contribution in [0.3, 0.4) is 0 Å². The van der Waals surface area contributed by atoms with Crippen LogP contribution in [0.2, 0.25) is 5.02 Å². The smallest absolute Gasteiger partial charge is 0.227 e. The highest BCUT2D eigenvalue weighted by molar-refractivity contribution is 6.34. The minimum Gasteiger partial charge on any atom is -0.354 e. The van der Waals surface area contributed by atoms with E-state index in [0.717, 1.165) is 34.4 Å². The second-order valence-electron chi connectivity index (χ2n) is 5.46. The van der Waals surface area contributed by atoms with Crippen molar-refractivity contribution in [3.8, 4) is 11.1 Å². The summed E-state index contributed by atoms with van der Waals surface area (Å²) in [6.45, 7) is 0.339. The molecule has 0 fully saturated rings. The summed E-state index contributed by atoms with van der Waals surface area (Å²) < 4.78 is 0. The maximum atomic E-state index is 11.8. The van der Waals surface area contributed by atoms with Gasteiger partial charge in [-0.1, -0.05) is 17.7 Å². The molecular weight excluding hydrogens is 314 g/mol. The molecule has 0 spiro atoms. The van der Waals surface area contributed by atoms with Gasteiger partial charge in [0.2, 0.25) is 12.3 Å². The fraction of sp³-hybridized carbons (Fsp3) is 0.235. The minimum absolute atomic E-state index is 0.131. The van der Waals surface area contributed by atoms with E-state index in [1.165, 1.54) is 0 Å². The van der Waals surface area contributed by atoms with Gasteiger partial charge in [-0.3, -0.25) is 14.6 Å². The number of pyridine rings is 1. The Morgan fingerprint density at radius 3 is 2.96 bits per heavy atom. The van der Waals surface area contributed by atoms with E-state index in [4.69, 9.17) is 11.6 Å². The largest absolute Gasteiger partial charge is 0.354 e. The predicted molar refractivity (Wildman–Crippen MR) is 89.3 cm³/mol. The maximum Gasteiger partial charge on any atom is 0.227 e. The van der Waals surface area contributed by atoms with Crippen LogP contribution in [-0.2, 0) is 22.6 Å². The lowest BCUT2D eigenvalue weighted by Gasteiger charge is -2.26. The second kappa shape index (κ2) is 6.38. The number of nitrogens with zero attached hydrogens (tertiary/aromatic N) is 2. The minimum atomic E-state index is 0.131. The van der Waals surface area contributed by atoms with Gasteiger partial charge >= 0.3 is 0 Å². The molecule has 23 heavy (non-hydrogen) atoms. The number of carbonyl (C=O) groups excluding carboxylic acids is 2. The normalized spacial score (nSPS) is 13.7. The number of anilines is 1. The van der Waals surface area contributed by atoms with Crippen molar-refractivity contribution < 1.29 is 9.59 Å². The van der Waals surface area contributed by atoms with Crippen LogP contribution in [-0.4, -0.2) is 24.3 Å². The summed E-state index contributed by atoms with van der Waals surface area (Å²) in [6.07, 6.45) is 5.24. The molecule has 6 heteroatoms. The Labute approximate surface area is 139 Å². The summed E-state index contributed by atoms with van der Waals surface area (Å²) in [7, 11) is 1.79. The molecule has 1 aromatic carbocycles. The molecule has 2 aromatic rings. The highest BCUT2D eigenvalue weighted by Gasteiger charge is 2.21. The molecule has 1 N–H and O–H groups in total. The lowest BCUT2D eigenvalue weighted by Crippen LogP contribution is -2.30. The van der Waals surface area contributed by atoms with Crippen LogP contribution < -0.4 is 10.2 Å². The van der Waals surface area contributed by atoms with Crippen molar-refractivity contribution in [3.63, 3.8) is 0 Å². The molecule has 3 rings (SSSR count). The molecule has 0 bridgehead atoms. The number of halogens is 1. The van der Waals surface area contributed by atoms with Crippen LogP contribution in [0.4, 0.5) is 5.69 Å². The summed E-state index contributed by atoms with van der Waals surface area (Å²) in [5.74, 6) is 0.131. The number of aromatic nitrogens is 1. The SMILES string of the molecule is CN1C(=O)CCc2cc(-c3cncc(CNC=O)c3Cl)ccc21. The predicted octanol–water partition coefficient (Wildman–Crippen LogP) is 2.56. The van der Waals surface area contributed by atoms with E-state index in [-0.39, 0.29) is 5.91 Å². The number of benzene rings is 1.